The van der Waals surface area contributed by atoms with Crippen LogP contribution in [0.5, 0.6) is 11.5 Å². The number of aliphatic hydroxyl groups excluding tert-OH is 2. The zero-order valence-electron chi connectivity index (χ0n) is 24.4. The monoisotopic (exact) mass is 542 g/mol. The smallest absolute Gasteiger partial charge is 0.305 e. The lowest BCUT2D eigenvalue weighted by atomic mass is 9.38. The van der Waals surface area contributed by atoms with E-state index in [0.29, 0.717) is 42.4 Å². The van der Waals surface area contributed by atoms with E-state index in [4.69, 9.17) is 4.74 Å². The SMILES string of the molecule is C[C@H](CCC(=O)OCCc1ccc(O)c(O)c1)[C@H]1CC[C@@H]2[C@]1(C)CC[C@@H]1[C@@]3(C)CC[C@@H](O)C[C@H]3C[C@H](O)[C@]12C. The minimum absolute atomic E-state index is 0.0867. The molecule has 6 heteroatoms. The highest BCUT2D eigenvalue weighted by molar-refractivity contribution is 5.69. The maximum absolute atomic E-state index is 12.5. The standard InChI is InChI=1S/C33H50O6/c1-20(5-10-30(38)39-16-13-21-6-8-25(35)26(36)17-21)24-7-9-27-32(24,3)15-12-28-31(2)14-11-23(34)18-22(31)19-29(37)33(27,28)4/h6,8,17,20,22-24,27-29,34-37H,5,7,9-16,18-19H2,1-4H3/t20-,22+,23-,24-,27-,28-,29+,31+,32-,33+/m1/s1. The van der Waals surface area contributed by atoms with Crippen molar-refractivity contribution in [3.8, 4) is 11.5 Å². The fourth-order valence-corrected chi connectivity index (χ4v) is 10.5. The fourth-order valence-electron chi connectivity index (χ4n) is 10.5. The van der Waals surface area contributed by atoms with Crippen LogP contribution in [0.3, 0.4) is 0 Å². The summed E-state index contributed by atoms with van der Waals surface area (Å²) in [5.74, 6) is 1.87. The third-order valence-corrected chi connectivity index (χ3v) is 12.6. The van der Waals surface area contributed by atoms with Gasteiger partial charge in [0.05, 0.1) is 18.8 Å². The number of hydrogen-bond acceptors (Lipinski definition) is 6. The van der Waals surface area contributed by atoms with E-state index in [1.54, 1.807) is 6.07 Å². The molecule has 4 aliphatic rings. The molecule has 0 saturated heterocycles. The Morgan fingerprint density at radius 3 is 2.44 bits per heavy atom. The Morgan fingerprint density at radius 1 is 0.974 bits per heavy atom. The molecule has 5 rings (SSSR count). The van der Waals surface area contributed by atoms with Crippen molar-refractivity contribution in [1.29, 1.82) is 0 Å². The molecule has 4 saturated carbocycles. The Bertz CT molecular complexity index is 1060. The van der Waals surface area contributed by atoms with Crippen molar-refractivity contribution < 1.29 is 30.0 Å². The van der Waals surface area contributed by atoms with Gasteiger partial charge in [-0.3, -0.25) is 4.79 Å². The number of phenols is 2. The summed E-state index contributed by atoms with van der Waals surface area (Å²) in [7, 11) is 0. The molecule has 0 heterocycles. The summed E-state index contributed by atoms with van der Waals surface area (Å²) in [6, 6.07) is 4.67. The zero-order chi connectivity index (χ0) is 28.2. The topological polar surface area (TPSA) is 107 Å². The van der Waals surface area contributed by atoms with Gasteiger partial charge < -0.3 is 25.2 Å². The molecule has 4 fully saturated rings. The maximum Gasteiger partial charge on any atom is 0.305 e. The summed E-state index contributed by atoms with van der Waals surface area (Å²) >= 11 is 0. The minimum Gasteiger partial charge on any atom is -0.504 e. The van der Waals surface area contributed by atoms with Gasteiger partial charge in [-0.25, -0.2) is 0 Å². The molecule has 0 radical (unpaired) electrons. The summed E-state index contributed by atoms with van der Waals surface area (Å²) in [5.41, 5.74) is 1.11. The summed E-state index contributed by atoms with van der Waals surface area (Å²) in [5, 5.41) is 41.2. The molecule has 6 nitrogen and oxygen atoms in total. The molecule has 0 bridgehead atoms. The predicted molar refractivity (Wildman–Crippen MR) is 150 cm³/mol. The Kier molecular flexibility index (Phi) is 7.78. The molecule has 0 amide bonds. The number of hydrogen-bond donors (Lipinski definition) is 4. The Balaban J connectivity index is 1.19. The van der Waals surface area contributed by atoms with Crippen LogP contribution in [0.4, 0.5) is 0 Å². The second-order valence-corrected chi connectivity index (χ2v) is 14.4. The van der Waals surface area contributed by atoms with Gasteiger partial charge in [0, 0.05) is 18.3 Å². The van der Waals surface area contributed by atoms with Gasteiger partial charge in [-0.1, -0.05) is 33.8 Å². The normalized spacial score (nSPS) is 42.2. The number of carbonyl (C=O) groups is 1. The third-order valence-electron chi connectivity index (χ3n) is 12.6. The molecule has 0 spiro atoms. The number of fused-ring (bicyclic) bond motifs is 5. The van der Waals surface area contributed by atoms with Crippen molar-refractivity contribution in [1.82, 2.24) is 0 Å². The van der Waals surface area contributed by atoms with E-state index in [1.165, 1.54) is 18.6 Å². The fraction of sp³-hybridized carbons (Fsp3) is 0.788. The molecule has 39 heavy (non-hydrogen) atoms. The van der Waals surface area contributed by atoms with Crippen molar-refractivity contribution in [2.75, 3.05) is 6.61 Å². The van der Waals surface area contributed by atoms with Gasteiger partial charge in [0.1, 0.15) is 0 Å². The molecule has 10 atom stereocenters. The van der Waals surface area contributed by atoms with Crippen LogP contribution in [-0.2, 0) is 16.0 Å². The molecule has 0 aliphatic heterocycles. The van der Waals surface area contributed by atoms with E-state index in [9.17, 15) is 25.2 Å². The van der Waals surface area contributed by atoms with Crippen LogP contribution in [0, 0.1) is 45.8 Å². The quantitative estimate of drug-likeness (QED) is 0.249. The number of aromatic hydroxyl groups is 2. The molecule has 1 aromatic carbocycles. The lowest BCUT2D eigenvalue weighted by Gasteiger charge is -2.67. The number of phenolic OH excluding ortho intramolecular Hbond substituents is 2. The molecular weight excluding hydrogens is 492 g/mol. The molecule has 1 aromatic rings. The summed E-state index contributed by atoms with van der Waals surface area (Å²) in [6.45, 7) is 9.90. The predicted octanol–water partition coefficient (Wildman–Crippen LogP) is 5.98. The van der Waals surface area contributed by atoms with Crippen molar-refractivity contribution in [2.45, 2.75) is 111 Å². The van der Waals surface area contributed by atoms with Crippen molar-refractivity contribution in [3.63, 3.8) is 0 Å². The summed E-state index contributed by atoms with van der Waals surface area (Å²) in [6.07, 6.45) is 9.49. The van der Waals surface area contributed by atoms with Crippen LogP contribution in [0.1, 0.15) is 97.5 Å². The van der Waals surface area contributed by atoms with Crippen LogP contribution in [-0.4, -0.2) is 45.2 Å². The number of rotatable bonds is 7. The molecule has 4 N–H and O–H groups in total. The number of esters is 1. The van der Waals surface area contributed by atoms with Gasteiger partial charge in [0.2, 0.25) is 0 Å². The lowest BCUT2D eigenvalue weighted by molar-refractivity contribution is -0.225. The highest BCUT2D eigenvalue weighted by atomic mass is 16.5. The largest absolute Gasteiger partial charge is 0.504 e. The van der Waals surface area contributed by atoms with E-state index >= 15 is 0 Å². The molecular formula is C33H50O6. The molecule has 4 aliphatic carbocycles. The molecule has 0 unspecified atom stereocenters. The number of ether oxygens (including phenoxy) is 1. The van der Waals surface area contributed by atoms with Crippen LogP contribution in [0.2, 0.25) is 0 Å². The van der Waals surface area contributed by atoms with Crippen molar-refractivity contribution in [2.24, 2.45) is 45.8 Å². The second-order valence-electron chi connectivity index (χ2n) is 14.4. The van der Waals surface area contributed by atoms with Crippen LogP contribution < -0.4 is 0 Å². The van der Waals surface area contributed by atoms with E-state index in [-0.39, 0.29) is 52.5 Å². The Hall–Kier alpha value is -1.79. The average molecular weight is 543 g/mol. The molecule has 218 valence electrons. The van der Waals surface area contributed by atoms with Crippen molar-refractivity contribution >= 4 is 5.97 Å². The van der Waals surface area contributed by atoms with Gasteiger partial charge in [-0.15, -0.1) is 0 Å². The summed E-state index contributed by atoms with van der Waals surface area (Å²) < 4.78 is 5.50. The van der Waals surface area contributed by atoms with Crippen LogP contribution >= 0.6 is 0 Å². The van der Waals surface area contributed by atoms with E-state index in [0.717, 1.165) is 56.9 Å². The van der Waals surface area contributed by atoms with Gasteiger partial charge in [-0.05, 0) is 116 Å². The van der Waals surface area contributed by atoms with E-state index in [2.05, 4.69) is 27.7 Å². The first-order valence-electron chi connectivity index (χ1n) is 15.4. The van der Waals surface area contributed by atoms with Crippen LogP contribution in [0.15, 0.2) is 18.2 Å². The second kappa shape index (κ2) is 10.6. The van der Waals surface area contributed by atoms with Gasteiger partial charge in [-0.2, -0.15) is 0 Å². The average Bonchev–Trinajstić information content (AvgIpc) is 3.25. The van der Waals surface area contributed by atoms with Crippen molar-refractivity contribution in [3.05, 3.63) is 23.8 Å². The maximum atomic E-state index is 12.5. The molecule has 0 aromatic heterocycles. The highest BCUT2D eigenvalue weighted by Crippen LogP contribution is 2.73. The minimum atomic E-state index is -0.310. The van der Waals surface area contributed by atoms with Gasteiger partial charge in [0.25, 0.3) is 0 Å². The highest BCUT2D eigenvalue weighted by Gasteiger charge is 2.68. The Labute approximate surface area is 234 Å². The van der Waals surface area contributed by atoms with E-state index in [1.807, 2.05) is 0 Å². The lowest BCUT2D eigenvalue weighted by Crippen LogP contribution is -2.64. The first-order valence-corrected chi connectivity index (χ1v) is 15.4. The summed E-state index contributed by atoms with van der Waals surface area (Å²) in [4.78, 5) is 12.5. The first kappa shape index (κ1) is 28.7. The van der Waals surface area contributed by atoms with E-state index < -0.39 is 0 Å². The number of aliphatic hydroxyl groups is 2. The number of carbonyl (C=O) groups excluding carboxylic acids is 1. The zero-order valence-corrected chi connectivity index (χ0v) is 24.4. The van der Waals surface area contributed by atoms with Gasteiger partial charge in [0.15, 0.2) is 11.5 Å². The number of benzene rings is 1. The first-order chi connectivity index (χ1) is 18.4. The Morgan fingerprint density at radius 2 is 1.69 bits per heavy atom. The van der Waals surface area contributed by atoms with Crippen LogP contribution in [0.25, 0.3) is 0 Å². The van der Waals surface area contributed by atoms with Gasteiger partial charge >= 0.3 is 5.97 Å². The third kappa shape index (κ3) is 4.88.